The van der Waals surface area contributed by atoms with Crippen LogP contribution in [0.1, 0.15) is 114 Å². The molecule has 8 aromatic rings. The van der Waals surface area contributed by atoms with Crippen LogP contribution >= 0.6 is 0 Å². The van der Waals surface area contributed by atoms with Crippen molar-refractivity contribution in [1.82, 2.24) is 0 Å². The largest absolute Gasteiger partial charge is 0.508 e. The van der Waals surface area contributed by atoms with Crippen LogP contribution in [-0.2, 0) is 0 Å². The number of hydrogen-bond donors (Lipinski definition) is 10. The molecule has 2 heterocycles. The molecule has 2 aliphatic carbocycles. The monoisotopic (exact) mass is 906 g/mol. The van der Waals surface area contributed by atoms with E-state index in [1.165, 1.54) is 12.1 Å². The molecule has 12 heteroatoms. The lowest BCUT2D eigenvalue weighted by Crippen LogP contribution is -2.15. The Labute approximate surface area is 388 Å². The molecule has 12 rings (SSSR count). The summed E-state index contributed by atoms with van der Waals surface area (Å²) >= 11 is 0. The van der Waals surface area contributed by atoms with Gasteiger partial charge in [0.25, 0.3) is 0 Å². The Kier molecular flexibility index (Phi) is 8.97. The van der Waals surface area contributed by atoms with Gasteiger partial charge in [0.05, 0.1) is 11.8 Å². The maximum Gasteiger partial charge on any atom is 0.135 e. The van der Waals surface area contributed by atoms with Gasteiger partial charge in [0.2, 0.25) is 0 Å². The van der Waals surface area contributed by atoms with E-state index in [-0.39, 0.29) is 57.5 Å². The Balaban J connectivity index is 1.19. The predicted molar refractivity (Wildman–Crippen MR) is 248 cm³/mol. The number of phenols is 10. The van der Waals surface area contributed by atoms with Gasteiger partial charge in [-0.1, -0.05) is 48.5 Å². The van der Waals surface area contributed by atoms with Gasteiger partial charge in [-0.15, -0.1) is 0 Å². The minimum absolute atomic E-state index is 0.0248. The van der Waals surface area contributed by atoms with Crippen LogP contribution in [0.2, 0.25) is 0 Å². The summed E-state index contributed by atoms with van der Waals surface area (Å²) in [5.74, 6) is -4.13. The van der Waals surface area contributed by atoms with Crippen molar-refractivity contribution < 1.29 is 60.5 Å². The van der Waals surface area contributed by atoms with E-state index in [0.29, 0.717) is 67.1 Å². The van der Waals surface area contributed by atoms with Crippen molar-refractivity contribution in [3.8, 4) is 69.0 Å². The molecule has 0 spiro atoms. The van der Waals surface area contributed by atoms with Crippen LogP contribution in [0.3, 0.4) is 0 Å². The molecule has 12 nitrogen and oxygen atoms in total. The highest BCUT2D eigenvalue weighted by molar-refractivity contribution is 5.75. The number of aromatic hydroxyl groups is 10. The normalized spacial score (nSPS) is 22.6. The first kappa shape index (κ1) is 40.8. The number of fused-ring (bicyclic) bond motifs is 9. The molecule has 68 heavy (non-hydrogen) atoms. The van der Waals surface area contributed by atoms with E-state index in [4.69, 9.17) is 9.47 Å². The highest BCUT2D eigenvalue weighted by Crippen LogP contribution is 2.74. The fraction of sp³-hybridized carbons (Fsp3) is 0.143. The molecule has 0 saturated heterocycles. The summed E-state index contributed by atoms with van der Waals surface area (Å²) in [6.45, 7) is 0. The van der Waals surface area contributed by atoms with Gasteiger partial charge in [-0.25, -0.2) is 0 Å². The number of ether oxygens (including phenoxy) is 2. The summed E-state index contributed by atoms with van der Waals surface area (Å²) in [7, 11) is 0. The van der Waals surface area contributed by atoms with E-state index in [2.05, 4.69) is 0 Å². The predicted octanol–water partition coefficient (Wildman–Crippen LogP) is 10.4. The molecule has 338 valence electrons. The highest BCUT2D eigenvalue weighted by Gasteiger charge is 2.59. The minimum atomic E-state index is -0.792. The maximum absolute atomic E-state index is 12.6. The second-order valence-electron chi connectivity index (χ2n) is 18.2. The Hall–Kier alpha value is -8.64. The third-order valence-corrected chi connectivity index (χ3v) is 14.4. The summed E-state index contributed by atoms with van der Waals surface area (Å²) in [6.07, 6.45) is -1.58. The molecule has 8 atom stereocenters. The number of benzene rings is 8. The number of phenolic OH excluding ortho intramolecular Hbond substituents is 10. The van der Waals surface area contributed by atoms with Gasteiger partial charge in [-0.3, -0.25) is 0 Å². The van der Waals surface area contributed by atoms with Crippen molar-refractivity contribution >= 4 is 0 Å². The van der Waals surface area contributed by atoms with E-state index in [0.717, 1.165) is 11.1 Å². The second-order valence-corrected chi connectivity index (χ2v) is 18.2. The molecule has 0 saturated carbocycles. The van der Waals surface area contributed by atoms with Crippen molar-refractivity contribution in [3.05, 3.63) is 212 Å². The third kappa shape index (κ3) is 6.20. The first-order valence-electron chi connectivity index (χ1n) is 22.2. The smallest absolute Gasteiger partial charge is 0.135 e. The molecular weight excluding hydrogens is 865 g/mol. The van der Waals surface area contributed by atoms with Crippen LogP contribution in [0.15, 0.2) is 146 Å². The molecule has 0 aromatic heterocycles. The standard InChI is InChI=1S/C56H42O12/c57-31-9-1-25(2-10-31)43-47-39(65)23-41-49(45(29-17-35(61)21-36(62)18-29)55(67-41)27-5-13-33(59)14-6-27)53(47)52-44(26-3-11-32(58)12-4-26)48-40(66)24-42-50(54(48)51(43)52)46(30-19-37(63)22-38(64)20-30)56(68-42)28-7-15-34(60)16-8-28/h1-24,43-46,51-52,55-66H/t43-,44+,45-,46-,51+,52+,55+,56+/m1/s1. The van der Waals surface area contributed by atoms with E-state index >= 15 is 0 Å². The molecule has 2 aliphatic heterocycles. The van der Waals surface area contributed by atoms with Gasteiger partial charge in [0.15, 0.2) is 0 Å². The lowest BCUT2D eigenvalue weighted by Gasteiger charge is -2.27. The molecular formula is C56H42O12. The number of rotatable bonds is 6. The lowest BCUT2D eigenvalue weighted by molar-refractivity contribution is 0.221. The van der Waals surface area contributed by atoms with Crippen LogP contribution in [0.25, 0.3) is 0 Å². The number of hydrogen-bond acceptors (Lipinski definition) is 12. The van der Waals surface area contributed by atoms with Crippen LogP contribution in [0, 0.1) is 0 Å². The molecule has 8 aromatic carbocycles. The zero-order chi connectivity index (χ0) is 46.9. The molecule has 4 aliphatic rings. The SMILES string of the molecule is Oc1ccc([C@@H]2c3c(O)cc4c(c3[C@H]3[C@@H](c5ccc(O)cc5)c5c(O)cc6c(c5[C@@H]23)[C@@H](c2cc(O)cc(O)c2)[C@H](c2ccc(O)cc2)O6)[C@@H](c2cc(O)cc(O)c2)[C@H](c2ccc(O)cc2)O4)cc1. The van der Waals surface area contributed by atoms with E-state index in [9.17, 15) is 51.1 Å². The van der Waals surface area contributed by atoms with Crippen molar-refractivity contribution in [3.63, 3.8) is 0 Å². The van der Waals surface area contributed by atoms with Crippen molar-refractivity contribution in [1.29, 1.82) is 0 Å². The van der Waals surface area contributed by atoms with Crippen molar-refractivity contribution in [2.75, 3.05) is 0 Å². The average Bonchev–Trinajstić information content (AvgIpc) is 4.05. The molecule has 0 radical (unpaired) electrons. The summed E-state index contributed by atoms with van der Waals surface area (Å²) in [4.78, 5) is 0. The van der Waals surface area contributed by atoms with Crippen molar-refractivity contribution in [2.24, 2.45) is 0 Å². The summed E-state index contributed by atoms with van der Waals surface area (Å²) in [5.41, 5.74) is 7.62. The van der Waals surface area contributed by atoms with E-state index in [1.54, 1.807) is 133 Å². The molecule has 0 unspecified atom stereocenters. The Morgan fingerprint density at radius 1 is 0.250 bits per heavy atom. The molecule has 0 amide bonds. The van der Waals surface area contributed by atoms with Crippen LogP contribution in [0.4, 0.5) is 0 Å². The lowest BCUT2D eigenvalue weighted by atomic mass is 9.74. The van der Waals surface area contributed by atoms with Gasteiger partial charge in [-0.05, 0) is 117 Å². The zero-order valence-electron chi connectivity index (χ0n) is 35.8. The van der Waals surface area contributed by atoms with Crippen LogP contribution in [-0.4, -0.2) is 51.1 Å². The Morgan fingerprint density at radius 2 is 0.544 bits per heavy atom. The summed E-state index contributed by atoms with van der Waals surface area (Å²) in [5, 5.41) is 111. The van der Waals surface area contributed by atoms with Crippen LogP contribution in [0.5, 0.6) is 69.0 Å². The maximum atomic E-state index is 12.6. The highest BCUT2D eigenvalue weighted by atomic mass is 16.5. The van der Waals surface area contributed by atoms with E-state index in [1.807, 2.05) is 0 Å². The topological polar surface area (TPSA) is 221 Å². The van der Waals surface area contributed by atoms with Crippen LogP contribution < -0.4 is 9.47 Å². The van der Waals surface area contributed by atoms with Gasteiger partial charge < -0.3 is 60.5 Å². The first-order chi connectivity index (χ1) is 32.8. The van der Waals surface area contributed by atoms with E-state index < -0.39 is 47.7 Å². The third-order valence-electron chi connectivity index (χ3n) is 14.4. The quantitative estimate of drug-likeness (QED) is 0.0753. The van der Waals surface area contributed by atoms with Gasteiger partial charge >= 0.3 is 0 Å². The van der Waals surface area contributed by atoms with Gasteiger partial charge in [0, 0.05) is 70.2 Å². The Morgan fingerprint density at radius 3 is 0.853 bits per heavy atom. The first-order valence-corrected chi connectivity index (χ1v) is 22.2. The molecule has 0 fully saturated rings. The molecule has 10 N–H and O–H groups in total. The summed E-state index contributed by atoms with van der Waals surface area (Å²) in [6, 6.07) is 38.6. The fourth-order valence-electron chi connectivity index (χ4n) is 12.0. The zero-order valence-corrected chi connectivity index (χ0v) is 35.8. The summed E-state index contributed by atoms with van der Waals surface area (Å²) < 4.78 is 13.8. The fourth-order valence-corrected chi connectivity index (χ4v) is 12.0. The van der Waals surface area contributed by atoms with Crippen molar-refractivity contribution in [2.45, 2.75) is 47.7 Å². The Bertz CT molecular complexity index is 3070. The molecule has 0 bridgehead atoms. The van der Waals surface area contributed by atoms with Gasteiger partial charge in [-0.2, -0.15) is 0 Å². The average molecular weight is 907 g/mol. The minimum Gasteiger partial charge on any atom is -0.508 e. The second kappa shape index (κ2) is 14.9. The van der Waals surface area contributed by atoms with Gasteiger partial charge in [0.1, 0.15) is 81.2 Å².